The lowest BCUT2D eigenvalue weighted by Crippen LogP contribution is -1.92. The van der Waals surface area contributed by atoms with Crippen LogP contribution in [0.2, 0.25) is 0 Å². The van der Waals surface area contributed by atoms with E-state index in [1.165, 1.54) is 0 Å². The van der Waals surface area contributed by atoms with Crippen LogP contribution in [0.25, 0.3) is 10.9 Å². The molecule has 0 saturated heterocycles. The molecule has 0 aliphatic heterocycles. The zero-order valence-electron chi connectivity index (χ0n) is 8.27. The van der Waals surface area contributed by atoms with Crippen molar-refractivity contribution in [1.82, 2.24) is 4.57 Å². The first-order valence-corrected chi connectivity index (χ1v) is 4.65. The van der Waals surface area contributed by atoms with Gasteiger partial charge < -0.3 is 10.3 Å². The second-order valence-corrected chi connectivity index (χ2v) is 3.37. The van der Waals surface area contributed by atoms with E-state index in [0.717, 1.165) is 10.9 Å². The third-order valence-electron chi connectivity index (χ3n) is 2.35. The lowest BCUT2D eigenvalue weighted by Gasteiger charge is -2.00. The smallest absolute Gasteiger partial charge is 0.101 e. The molecule has 1 heterocycles. The predicted molar refractivity (Wildman–Crippen MR) is 61.3 cm³/mol. The first-order chi connectivity index (χ1) is 7.26. The van der Waals surface area contributed by atoms with Crippen molar-refractivity contribution in [2.75, 3.05) is 5.73 Å². The molecular formula is C12H11N3. The van der Waals surface area contributed by atoms with E-state index in [9.17, 15) is 0 Å². The molecule has 2 rings (SSSR count). The number of nitriles is 1. The number of anilines is 1. The molecule has 0 unspecified atom stereocenters. The van der Waals surface area contributed by atoms with E-state index in [0.29, 0.717) is 17.8 Å². The summed E-state index contributed by atoms with van der Waals surface area (Å²) in [6, 6.07) is 7.73. The van der Waals surface area contributed by atoms with E-state index >= 15 is 0 Å². The van der Waals surface area contributed by atoms with Gasteiger partial charge in [0.25, 0.3) is 0 Å². The second-order valence-electron chi connectivity index (χ2n) is 3.37. The molecule has 15 heavy (non-hydrogen) atoms. The molecule has 3 heteroatoms. The lowest BCUT2D eigenvalue weighted by molar-refractivity contribution is 0.864. The van der Waals surface area contributed by atoms with E-state index < -0.39 is 0 Å². The number of nitrogens with zero attached hydrogens (tertiary/aromatic N) is 2. The highest BCUT2D eigenvalue weighted by Crippen LogP contribution is 2.23. The van der Waals surface area contributed by atoms with E-state index in [1.54, 1.807) is 12.1 Å². The van der Waals surface area contributed by atoms with Crippen molar-refractivity contribution in [1.29, 1.82) is 5.26 Å². The van der Waals surface area contributed by atoms with Gasteiger partial charge in [0, 0.05) is 23.8 Å². The zero-order chi connectivity index (χ0) is 10.8. The van der Waals surface area contributed by atoms with Gasteiger partial charge in [-0.1, -0.05) is 6.08 Å². The van der Waals surface area contributed by atoms with Crippen LogP contribution in [0.1, 0.15) is 5.56 Å². The maximum absolute atomic E-state index is 8.97. The Hall–Kier alpha value is -2.21. The molecule has 0 fully saturated rings. The van der Waals surface area contributed by atoms with Crippen LogP contribution in [0.5, 0.6) is 0 Å². The quantitative estimate of drug-likeness (QED) is 0.593. The summed E-state index contributed by atoms with van der Waals surface area (Å²) in [5.41, 5.74) is 8.07. The highest BCUT2D eigenvalue weighted by molar-refractivity contribution is 5.88. The standard InChI is InChI=1S/C12H11N3/c1-2-5-15-8-9(7-13)11-4-3-10(14)6-12(11)15/h2-4,6,8H,1,5,14H2. The molecule has 0 radical (unpaired) electrons. The summed E-state index contributed by atoms with van der Waals surface area (Å²) in [4.78, 5) is 0. The number of benzene rings is 1. The van der Waals surface area contributed by atoms with Crippen LogP contribution in [0.3, 0.4) is 0 Å². The Kier molecular flexibility index (Phi) is 2.18. The average molecular weight is 197 g/mol. The molecule has 1 aromatic carbocycles. The van der Waals surface area contributed by atoms with Gasteiger partial charge in [-0.25, -0.2) is 0 Å². The Morgan fingerprint density at radius 3 is 3.00 bits per heavy atom. The first kappa shape index (κ1) is 9.35. The molecule has 0 bridgehead atoms. The minimum absolute atomic E-state index is 0.673. The summed E-state index contributed by atoms with van der Waals surface area (Å²) in [6.45, 7) is 4.37. The molecule has 3 nitrogen and oxygen atoms in total. The van der Waals surface area contributed by atoms with Gasteiger partial charge >= 0.3 is 0 Å². The van der Waals surface area contributed by atoms with Gasteiger partial charge in [-0.15, -0.1) is 6.58 Å². The van der Waals surface area contributed by atoms with E-state index in [4.69, 9.17) is 11.0 Å². The van der Waals surface area contributed by atoms with E-state index in [2.05, 4.69) is 12.6 Å². The summed E-state index contributed by atoms with van der Waals surface area (Å²) < 4.78 is 1.97. The zero-order valence-corrected chi connectivity index (χ0v) is 8.27. The molecule has 0 spiro atoms. The number of nitrogens with two attached hydrogens (primary N) is 1. The van der Waals surface area contributed by atoms with Gasteiger partial charge in [0.1, 0.15) is 6.07 Å². The Morgan fingerprint density at radius 1 is 1.53 bits per heavy atom. The van der Waals surface area contributed by atoms with Crippen LogP contribution >= 0.6 is 0 Å². The van der Waals surface area contributed by atoms with Crippen LogP contribution < -0.4 is 5.73 Å². The molecule has 0 saturated carbocycles. The van der Waals surface area contributed by atoms with E-state index in [-0.39, 0.29) is 0 Å². The number of nitrogen functional groups attached to an aromatic ring is 1. The highest BCUT2D eigenvalue weighted by atomic mass is 14.9. The van der Waals surface area contributed by atoms with Gasteiger partial charge in [-0.3, -0.25) is 0 Å². The Balaban J connectivity index is 2.76. The van der Waals surface area contributed by atoms with Crippen LogP contribution in [0.4, 0.5) is 5.69 Å². The Labute approximate surface area is 88.0 Å². The van der Waals surface area contributed by atoms with Crippen LogP contribution in [0, 0.1) is 11.3 Å². The third kappa shape index (κ3) is 1.46. The van der Waals surface area contributed by atoms with Gasteiger partial charge in [0.05, 0.1) is 11.1 Å². The van der Waals surface area contributed by atoms with Gasteiger partial charge in [0.2, 0.25) is 0 Å². The molecule has 0 atom stereocenters. The van der Waals surface area contributed by atoms with Crippen LogP contribution in [-0.4, -0.2) is 4.57 Å². The topological polar surface area (TPSA) is 54.7 Å². The molecule has 2 N–H and O–H groups in total. The SMILES string of the molecule is C=CCn1cc(C#N)c2ccc(N)cc21. The van der Waals surface area contributed by atoms with Gasteiger partial charge in [-0.05, 0) is 18.2 Å². The Morgan fingerprint density at radius 2 is 2.33 bits per heavy atom. The van der Waals surface area contributed by atoms with Crippen molar-refractivity contribution >= 4 is 16.6 Å². The number of allylic oxidation sites excluding steroid dienone is 1. The molecule has 0 aliphatic carbocycles. The van der Waals surface area contributed by atoms with Crippen LogP contribution in [-0.2, 0) is 6.54 Å². The van der Waals surface area contributed by atoms with Crippen molar-refractivity contribution in [3.05, 3.63) is 42.6 Å². The average Bonchev–Trinajstić information content (AvgIpc) is 2.57. The largest absolute Gasteiger partial charge is 0.399 e. The van der Waals surface area contributed by atoms with E-state index in [1.807, 2.05) is 22.9 Å². The van der Waals surface area contributed by atoms with Crippen molar-refractivity contribution < 1.29 is 0 Å². The summed E-state index contributed by atoms with van der Waals surface area (Å²) in [6.07, 6.45) is 3.62. The van der Waals surface area contributed by atoms with Crippen molar-refractivity contribution in [2.45, 2.75) is 6.54 Å². The molecule has 74 valence electrons. The minimum Gasteiger partial charge on any atom is -0.399 e. The fourth-order valence-electron chi connectivity index (χ4n) is 1.69. The van der Waals surface area contributed by atoms with Crippen molar-refractivity contribution in [3.8, 4) is 6.07 Å². The number of aromatic nitrogens is 1. The summed E-state index contributed by atoms with van der Waals surface area (Å²) in [7, 11) is 0. The molecule has 0 amide bonds. The predicted octanol–water partition coefficient (Wildman–Crippen LogP) is 2.28. The first-order valence-electron chi connectivity index (χ1n) is 4.65. The fraction of sp³-hybridized carbons (Fsp3) is 0.0833. The second kappa shape index (κ2) is 3.50. The third-order valence-corrected chi connectivity index (χ3v) is 2.35. The van der Waals surface area contributed by atoms with Crippen molar-refractivity contribution in [3.63, 3.8) is 0 Å². The van der Waals surface area contributed by atoms with Gasteiger partial charge in [0.15, 0.2) is 0 Å². The number of hydrogen-bond donors (Lipinski definition) is 1. The maximum Gasteiger partial charge on any atom is 0.101 e. The molecule has 2 aromatic rings. The number of fused-ring (bicyclic) bond motifs is 1. The number of hydrogen-bond acceptors (Lipinski definition) is 2. The summed E-state index contributed by atoms with van der Waals surface area (Å²) in [5, 5.41) is 9.90. The fourth-order valence-corrected chi connectivity index (χ4v) is 1.69. The Bertz CT molecular complexity index is 558. The molecule has 0 aliphatic rings. The number of rotatable bonds is 2. The summed E-state index contributed by atoms with van der Waals surface area (Å²) in [5.74, 6) is 0. The minimum atomic E-state index is 0.673. The normalized spacial score (nSPS) is 10.1. The summed E-state index contributed by atoms with van der Waals surface area (Å²) >= 11 is 0. The van der Waals surface area contributed by atoms with Crippen molar-refractivity contribution in [2.24, 2.45) is 0 Å². The van der Waals surface area contributed by atoms with Crippen LogP contribution in [0.15, 0.2) is 37.1 Å². The maximum atomic E-state index is 8.97. The molecular weight excluding hydrogens is 186 g/mol. The monoisotopic (exact) mass is 197 g/mol. The lowest BCUT2D eigenvalue weighted by atomic mass is 10.2. The molecule has 1 aromatic heterocycles. The highest BCUT2D eigenvalue weighted by Gasteiger charge is 2.06. The van der Waals surface area contributed by atoms with Gasteiger partial charge in [-0.2, -0.15) is 5.26 Å².